The third-order valence-corrected chi connectivity index (χ3v) is 3.55. The Kier molecular flexibility index (Phi) is 6.46. The molecule has 1 heterocycles. The molecule has 0 saturated heterocycles. The van der Waals surface area contributed by atoms with Crippen LogP contribution in [0.3, 0.4) is 0 Å². The fraction of sp³-hybridized carbons (Fsp3) is 0.250. The fourth-order valence-corrected chi connectivity index (χ4v) is 2.17. The third-order valence-electron chi connectivity index (χ3n) is 3.55. The number of hydrogen-bond donors (Lipinski definition) is 1. The first kappa shape index (κ1) is 18.4. The average molecular weight is 338 g/mol. The molecule has 130 valence electrons. The lowest BCUT2D eigenvalue weighted by Gasteiger charge is -2.05. The van der Waals surface area contributed by atoms with E-state index in [2.05, 4.69) is 24.1 Å². The SMILES string of the molecule is CCOC(=O)c1ccnc(NC(=O)/C=C/c2ccc(C(C)C)cc2)c1. The molecular formula is C20H22N2O3. The van der Waals surface area contributed by atoms with Crippen LogP contribution in [0.2, 0.25) is 0 Å². The summed E-state index contributed by atoms with van der Waals surface area (Å²) in [6.45, 7) is 6.30. The number of esters is 1. The summed E-state index contributed by atoms with van der Waals surface area (Å²) in [6, 6.07) is 11.1. The van der Waals surface area contributed by atoms with Gasteiger partial charge in [-0.15, -0.1) is 0 Å². The molecule has 0 aliphatic rings. The Bertz CT molecular complexity index is 765. The molecular weight excluding hydrogens is 316 g/mol. The molecule has 5 heteroatoms. The van der Waals surface area contributed by atoms with Gasteiger partial charge in [-0.3, -0.25) is 4.79 Å². The zero-order valence-electron chi connectivity index (χ0n) is 14.7. The number of benzene rings is 1. The molecule has 0 aliphatic heterocycles. The number of rotatable bonds is 6. The van der Waals surface area contributed by atoms with Crippen LogP contribution >= 0.6 is 0 Å². The first-order valence-electron chi connectivity index (χ1n) is 8.21. The maximum atomic E-state index is 12.0. The number of nitrogens with one attached hydrogen (secondary N) is 1. The Morgan fingerprint density at radius 3 is 2.56 bits per heavy atom. The number of amides is 1. The van der Waals surface area contributed by atoms with E-state index in [-0.39, 0.29) is 5.91 Å². The molecule has 2 rings (SSSR count). The average Bonchev–Trinajstić information content (AvgIpc) is 2.61. The highest BCUT2D eigenvalue weighted by molar-refractivity contribution is 6.02. The summed E-state index contributed by atoms with van der Waals surface area (Å²) < 4.78 is 4.93. The van der Waals surface area contributed by atoms with E-state index in [4.69, 9.17) is 4.74 Å². The number of anilines is 1. The van der Waals surface area contributed by atoms with Gasteiger partial charge >= 0.3 is 5.97 Å². The highest BCUT2D eigenvalue weighted by Crippen LogP contribution is 2.15. The molecule has 0 bridgehead atoms. The van der Waals surface area contributed by atoms with Crippen molar-refractivity contribution in [1.29, 1.82) is 0 Å². The summed E-state index contributed by atoms with van der Waals surface area (Å²) in [5, 5.41) is 2.63. The fourth-order valence-electron chi connectivity index (χ4n) is 2.17. The minimum absolute atomic E-state index is 0.293. The summed E-state index contributed by atoms with van der Waals surface area (Å²) >= 11 is 0. The number of aromatic nitrogens is 1. The van der Waals surface area contributed by atoms with Gasteiger partial charge in [0.2, 0.25) is 5.91 Å². The molecule has 5 nitrogen and oxygen atoms in total. The monoisotopic (exact) mass is 338 g/mol. The van der Waals surface area contributed by atoms with Gasteiger partial charge in [0.05, 0.1) is 12.2 Å². The van der Waals surface area contributed by atoms with Crippen LogP contribution < -0.4 is 5.32 Å². The molecule has 0 spiro atoms. The topological polar surface area (TPSA) is 68.3 Å². The second-order valence-electron chi connectivity index (χ2n) is 5.79. The van der Waals surface area contributed by atoms with Gasteiger partial charge in [0, 0.05) is 12.3 Å². The summed E-state index contributed by atoms with van der Waals surface area (Å²) in [5.74, 6) is 0.0112. The van der Waals surface area contributed by atoms with Crippen LogP contribution in [-0.4, -0.2) is 23.5 Å². The Morgan fingerprint density at radius 1 is 1.20 bits per heavy atom. The van der Waals surface area contributed by atoms with Crippen molar-refractivity contribution in [2.24, 2.45) is 0 Å². The molecule has 0 radical (unpaired) electrons. The van der Waals surface area contributed by atoms with Crippen molar-refractivity contribution in [3.63, 3.8) is 0 Å². The summed E-state index contributed by atoms with van der Waals surface area (Å²) in [5.41, 5.74) is 2.54. The van der Waals surface area contributed by atoms with Gasteiger partial charge in [-0.1, -0.05) is 38.1 Å². The van der Waals surface area contributed by atoms with Crippen molar-refractivity contribution in [3.05, 3.63) is 65.4 Å². The van der Waals surface area contributed by atoms with Gasteiger partial charge < -0.3 is 10.1 Å². The lowest BCUT2D eigenvalue weighted by molar-refractivity contribution is -0.111. The van der Waals surface area contributed by atoms with Gasteiger partial charge in [-0.2, -0.15) is 0 Å². The van der Waals surface area contributed by atoms with Crippen molar-refractivity contribution < 1.29 is 14.3 Å². The second kappa shape index (κ2) is 8.78. The van der Waals surface area contributed by atoms with Crippen LogP contribution in [0, 0.1) is 0 Å². The van der Waals surface area contributed by atoms with E-state index in [0.717, 1.165) is 5.56 Å². The maximum absolute atomic E-state index is 12.0. The first-order chi connectivity index (χ1) is 12.0. The smallest absolute Gasteiger partial charge is 0.338 e. The number of hydrogen-bond acceptors (Lipinski definition) is 4. The van der Waals surface area contributed by atoms with Gasteiger partial charge in [-0.25, -0.2) is 9.78 Å². The van der Waals surface area contributed by atoms with Crippen molar-refractivity contribution in [2.75, 3.05) is 11.9 Å². The highest BCUT2D eigenvalue weighted by atomic mass is 16.5. The molecule has 2 aromatic rings. The van der Waals surface area contributed by atoms with Crippen molar-refractivity contribution in [3.8, 4) is 0 Å². The minimum atomic E-state index is -0.443. The van der Waals surface area contributed by atoms with Crippen LogP contribution in [0.1, 0.15) is 48.2 Å². The maximum Gasteiger partial charge on any atom is 0.338 e. The lowest BCUT2D eigenvalue weighted by Crippen LogP contribution is -2.11. The quantitative estimate of drug-likeness (QED) is 0.638. The lowest BCUT2D eigenvalue weighted by atomic mass is 10.0. The van der Waals surface area contributed by atoms with E-state index in [1.165, 1.54) is 23.9 Å². The number of pyridine rings is 1. The van der Waals surface area contributed by atoms with Crippen LogP contribution in [0.4, 0.5) is 5.82 Å². The number of carbonyl (C=O) groups excluding carboxylic acids is 2. The Morgan fingerprint density at radius 2 is 1.92 bits per heavy atom. The van der Waals surface area contributed by atoms with Gasteiger partial charge in [0.15, 0.2) is 0 Å². The Balaban J connectivity index is 2.00. The summed E-state index contributed by atoms with van der Waals surface area (Å²) in [6.07, 6.45) is 4.62. The molecule has 0 fully saturated rings. The first-order valence-corrected chi connectivity index (χ1v) is 8.21. The largest absolute Gasteiger partial charge is 0.462 e. The predicted octanol–water partition coefficient (Wildman–Crippen LogP) is 4.03. The van der Waals surface area contributed by atoms with E-state index in [9.17, 15) is 9.59 Å². The molecule has 0 atom stereocenters. The minimum Gasteiger partial charge on any atom is -0.462 e. The Hall–Kier alpha value is -2.95. The van der Waals surface area contributed by atoms with E-state index >= 15 is 0 Å². The zero-order valence-corrected chi connectivity index (χ0v) is 14.7. The summed E-state index contributed by atoms with van der Waals surface area (Å²) in [4.78, 5) is 27.7. The Labute approximate surface area is 147 Å². The van der Waals surface area contributed by atoms with Crippen LogP contribution in [0.5, 0.6) is 0 Å². The number of carbonyl (C=O) groups is 2. The predicted molar refractivity (Wildman–Crippen MR) is 98.4 cm³/mol. The molecule has 0 saturated carbocycles. The van der Waals surface area contributed by atoms with E-state index in [1.54, 1.807) is 19.1 Å². The van der Waals surface area contributed by atoms with Crippen molar-refractivity contribution >= 4 is 23.8 Å². The highest BCUT2D eigenvalue weighted by Gasteiger charge is 2.08. The molecule has 1 aromatic heterocycles. The van der Waals surface area contributed by atoms with E-state index in [1.807, 2.05) is 24.3 Å². The second-order valence-corrected chi connectivity index (χ2v) is 5.79. The molecule has 0 unspecified atom stereocenters. The van der Waals surface area contributed by atoms with Crippen LogP contribution in [-0.2, 0) is 9.53 Å². The molecule has 25 heavy (non-hydrogen) atoms. The number of ether oxygens (including phenoxy) is 1. The summed E-state index contributed by atoms with van der Waals surface area (Å²) in [7, 11) is 0. The van der Waals surface area contributed by atoms with Gasteiger partial charge in [0.1, 0.15) is 5.82 Å². The molecule has 0 aliphatic carbocycles. The molecule has 1 aromatic carbocycles. The molecule has 1 amide bonds. The normalized spacial score (nSPS) is 10.9. The van der Waals surface area contributed by atoms with E-state index in [0.29, 0.717) is 23.9 Å². The number of nitrogens with zero attached hydrogens (tertiary/aromatic N) is 1. The third kappa shape index (κ3) is 5.57. The van der Waals surface area contributed by atoms with E-state index < -0.39 is 5.97 Å². The zero-order chi connectivity index (χ0) is 18.2. The van der Waals surface area contributed by atoms with Crippen molar-refractivity contribution in [2.45, 2.75) is 26.7 Å². The van der Waals surface area contributed by atoms with Crippen LogP contribution in [0.15, 0.2) is 48.7 Å². The van der Waals surface area contributed by atoms with Crippen molar-refractivity contribution in [1.82, 2.24) is 4.98 Å². The van der Waals surface area contributed by atoms with Gasteiger partial charge in [0.25, 0.3) is 0 Å². The van der Waals surface area contributed by atoms with Gasteiger partial charge in [-0.05, 0) is 42.2 Å². The van der Waals surface area contributed by atoms with Crippen LogP contribution in [0.25, 0.3) is 6.08 Å². The standard InChI is InChI=1S/C20H22N2O3/c1-4-25-20(24)17-11-12-21-18(13-17)22-19(23)10-7-15-5-8-16(9-6-15)14(2)3/h5-14H,4H2,1-3H3,(H,21,22,23)/b10-7+. The molecule has 1 N–H and O–H groups in total.